The summed E-state index contributed by atoms with van der Waals surface area (Å²) in [5.74, 6) is 0.849. The molecular formula is C17H18N2O2. The number of benzene rings is 2. The van der Waals surface area contributed by atoms with Gasteiger partial charge in [-0.3, -0.25) is 0 Å². The molecule has 0 aromatic heterocycles. The molecule has 2 aromatic rings. The molecule has 0 spiro atoms. The SMILES string of the molecule is OCCN/N=C1/CC(c2ccccc2)Oc2ccccc21. The van der Waals surface area contributed by atoms with Crippen LogP contribution in [-0.2, 0) is 0 Å². The number of hydrazone groups is 1. The first kappa shape index (κ1) is 13.6. The van der Waals surface area contributed by atoms with Crippen molar-refractivity contribution >= 4 is 5.71 Å². The fraction of sp³-hybridized carbons (Fsp3) is 0.235. The van der Waals surface area contributed by atoms with Crippen molar-refractivity contribution in [1.29, 1.82) is 0 Å². The van der Waals surface area contributed by atoms with Gasteiger partial charge in [-0.15, -0.1) is 0 Å². The predicted octanol–water partition coefficient (Wildman–Crippen LogP) is 2.50. The van der Waals surface area contributed by atoms with Crippen LogP contribution in [0.1, 0.15) is 23.7 Å². The highest BCUT2D eigenvalue weighted by Crippen LogP contribution is 2.34. The van der Waals surface area contributed by atoms with E-state index in [2.05, 4.69) is 22.7 Å². The minimum Gasteiger partial charge on any atom is -0.485 e. The first-order valence-electron chi connectivity index (χ1n) is 7.10. The van der Waals surface area contributed by atoms with Crippen molar-refractivity contribution in [3.63, 3.8) is 0 Å². The molecule has 1 atom stereocenters. The lowest BCUT2D eigenvalue weighted by Crippen LogP contribution is -2.24. The second-order valence-electron chi connectivity index (χ2n) is 4.91. The molecule has 2 N–H and O–H groups in total. The number of para-hydroxylation sites is 1. The molecule has 3 rings (SSSR count). The Kier molecular flexibility index (Phi) is 4.17. The Morgan fingerprint density at radius 1 is 1.10 bits per heavy atom. The normalized spacial score (nSPS) is 18.9. The van der Waals surface area contributed by atoms with Crippen molar-refractivity contribution < 1.29 is 9.84 Å². The Bertz CT molecular complexity index is 626. The molecule has 4 heteroatoms. The summed E-state index contributed by atoms with van der Waals surface area (Å²) in [6.07, 6.45) is 0.676. The number of fused-ring (bicyclic) bond motifs is 1. The van der Waals surface area contributed by atoms with Crippen LogP contribution in [-0.4, -0.2) is 24.0 Å². The number of nitrogens with zero attached hydrogens (tertiary/aromatic N) is 1. The van der Waals surface area contributed by atoms with Crippen LogP contribution in [0.25, 0.3) is 0 Å². The summed E-state index contributed by atoms with van der Waals surface area (Å²) in [7, 11) is 0. The monoisotopic (exact) mass is 282 g/mol. The first-order chi connectivity index (χ1) is 10.4. The van der Waals surface area contributed by atoms with E-state index in [1.165, 1.54) is 0 Å². The quantitative estimate of drug-likeness (QED) is 0.669. The van der Waals surface area contributed by atoms with E-state index >= 15 is 0 Å². The Balaban J connectivity index is 1.91. The molecule has 0 bridgehead atoms. The highest BCUT2D eigenvalue weighted by molar-refractivity contribution is 6.03. The van der Waals surface area contributed by atoms with Gasteiger partial charge >= 0.3 is 0 Å². The maximum atomic E-state index is 8.86. The second-order valence-corrected chi connectivity index (χ2v) is 4.91. The molecule has 108 valence electrons. The van der Waals surface area contributed by atoms with Gasteiger partial charge in [0.1, 0.15) is 11.9 Å². The zero-order chi connectivity index (χ0) is 14.5. The number of rotatable bonds is 4. The van der Waals surface area contributed by atoms with E-state index < -0.39 is 0 Å². The Hall–Kier alpha value is -2.33. The van der Waals surface area contributed by atoms with Crippen LogP contribution >= 0.6 is 0 Å². The molecular weight excluding hydrogens is 264 g/mol. The minimum atomic E-state index is -0.0317. The van der Waals surface area contributed by atoms with E-state index in [0.29, 0.717) is 13.0 Å². The summed E-state index contributed by atoms with van der Waals surface area (Å²) >= 11 is 0. The molecule has 2 aromatic carbocycles. The maximum Gasteiger partial charge on any atom is 0.129 e. The van der Waals surface area contributed by atoms with Gasteiger partial charge in [0.05, 0.1) is 18.9 Å². The molecule has 0 radical (unpaired) electrons. The smallest absolute Gasteiger partial charge is 0.129 e. The topological polar surface area (TPSA) is 53.8 Å². The van der Waals surface area contributed by atoms with Gasteiger partial charge < -0.3 is 15.3 Å². The van der Waals surface area contributed by atoms with Gasteiger partial charge in [0.2, 0.25) is 0 Å². The summed E-state index contributed by atoms with van der Waals surface area (Å²) in [4.78, 5) is 0. The summed E-state index contributed by atoms with van der Waals surface area (Å²) < 4.78 is 6.10. The summed E-state index contributed by atoms with van der Waals surface area (Å²) in [5, 5.41) is 13.3. The lowest BCUT2D eigenvalue weighted by Gasteiger charge is -2.27. The van der Waals surface area contributed by atoms with Gasteiger partial charge in [0.15, 0.2) is 0 Å². The number of hydrogen-bond acceptors (Lipinski definition) is 4. The van der Waals surface area contributed by atoms with Crippen molar-refractivity contribution in [3.05, 3.63) is 65.7 Å². The van der Waals surface area contributed by atoms with E-state index in [1.54, 1.807) is 0 Å². The summed E-state index contributed by atoms with van der Waals surface area (Å²) in [6.45, 7) is 0.513. The molecule has 21 heavy (non-hydrogen) atoms. The maximum absolute atomic E-state index is 8.86. The number of ether oxygens (including phenoxy) is 1. The van der Waals surface area contributed by atoms with Crippen LogP contribution in [0.15, 0.2) is 59.7 Å². The molecule has 0 saturated heterocycles. The largest absolute Gasteiger partial charge is 0.485 e. The van der Waals surface area contributed by atoms with Gasteiger partial charge in [0, 0.05) is 12.0 Å². The third kappa shape index (κ3) is 3.06. The molecule has 1 unspecified atom stereocenters. The summed E-state index contributed by atoms with van der Waals surface area (Å²) in [6, 6.07) is 18.1. The van der Waals surface area contributed by atoms with E-state index in [-0.39, 0.29) is 12.7 Å². The van der Waals surface area contributed by atoms with Crippen LogP contribution in [0.2, 0.25) is 0 Å². The van der Waals surface area contributed by atoms with Crippen LogP contribution in [0.4, 0.5) is 0 Å². The van der Waals surface area contributed by atoms with Crippen molar-refractivity contribution in [1.82, 2.24) is 5.43 Å². The molecule has 1 aliphatic heterocycles. The molecule has 0 aliphatic carbocycles. The third-order valence-corrected chi connectivity index (χ3v) is 3.45. The van der Waals surface area contributed by atoms with E-state index in [0.717, 1.165) is 22.6 Å². The highest BCUT2D eigenvalue weighted by Gasteiger charge is 2.25. The molecule has 1 heterocycles. The van der Waals surface area contributed by atoms with Crippen LogP contribution < -0.4 is 10.2 Å². The van der Waals surface area contributed by atoms with Crippen molar-refractivity contribution in [2.45, 2.75) is 12.5 Å². The number of nitrogens with one attached hydrogen (secondary N) is 1. The van der Waals surface area contributed by atoms with E-state index in [1.807, 2.05) is 42.5 Å². The second kappa shape index (κ2) is 6.41. The average molecular weight is 282 g/mol. The van der Waals surface area contributed by atoms with Gasteiger partial charge in [-0.25, -0.2) is 0 Å². The number of aliphatic hydroxyl groups is 1. The van der Waals surface area contributed by atoms with Crippen molar-refractivity contribution in [2.24, 2.45) is 5.10 Å². The van der Waals surface area contributed by atoms with Crippen LogP contribution in [0, 0.1) is 0 Å². The summed E-state index contributed by atoms with van der Waals surface area (Å²) in [5.41, 5.74) is 6.01. The minimum absolute atomic E-state index is 0.0317. The Morgan fingerprint density at radius 3 is 2.67 bits per heavy atom. The zero-order valence-corrected chi connectivity index (χ0v) is 11.7. The lowest BCUT2D eigenvalue weighted by atomic mass is 9.96. The average Bonchev–Trinajstić information content (AvgIpc) is 2.55. The van der Waals surface area contributed by atoms with Crippen LogP contribution in [0.3, 0.4) is 0 Å². The fourth-order valence-electron chi connectivity index (χ4n) is 2.45. The van der Waals surface area contributed by atoms with Gasteiger partial charge in [-0.2, -0.15) is 5.10 Å². The van der Waals surface area contributed by atoms with Gasteiger partial charge in [-0.1, -0.05) is 42.5 Å². The molecule has 0 fully saturated rings. The van der Waals surface area contributed by atoms with Crippen molar-refractivity contribution in [2.75, 3.05) is 13.2 Å². The molecule has 0 saturated carbocycles. The van der Waals surface area contributed by atoms with Crippen LogP contribution in [0.5, 0.6) is 5.75 Å². The standard InChI is InChI=1S/C17H18N2O2/c20-11-10-18-19-15-12-17(13-6-2-1-3-7-13)21-16-9-5-4-8-14(15)16/h1-9,17-18,20H,10-12H2/b19-15-. The predicted molar refractivity (Wildman–Crippen MR) is 82.5 cm³/mol. The lowest BCUT2D eigenvalue weighted by molar-refractivity contribution is 0.206. The third-order valence-electron chi connectivity index (χ3n) is 3.45. The van der Waals surface area contributed by atoms with E-state index in [4.69, 9.17) is 9.84 Å². The van der Waals surface area contributed by atoms with Crippen molar-refractivity contribution in [3.8, 4) is 5.75 Å². The van der Waals surface area contributed by atoms with Gasteiger partial charge in [0.25, 0.3) is 0 Å². The zero-order valence-electron chi connectivity index (χ0n) is 11.7. The Morgan fingerprint density at radius 2 is 1.86 bits per heavy atom. The van der Waals surface area contributed by atoms with Gasteiger partial charge in [-0.05, 0) is 17.7 Å². The van der Waals surface area contributed by atoms with E-state index in [9.17, 15) is 0 Å². The highest BCUT2D eigenvalue weighted by atomic mass is 16.5. The number of hydrogen-bond donors (Lipinski definition) is 2. The fourth-order valence-corrected chi connectivity index (χ4v) is 2.45. The molecule has 1 aliphatic rings. The number of aliphatic hydroxyl groups excluding tert-OH is 1. The Labute approximate surface area is 124 Å². The molecule has 4 nitrogen and oxygen atoms in total. The first-order valence-corrected chi connectivity index (χ1v) is 7.10. The molecule has 0 amide bonds.